The van der Waals surface area contributed by atoms with E-state index < -0.39 is 45.5 Å². The number of fused-ring (bicyclic) bond motifs is 1. The highest BCUT2D eigenvalue weighted by molar-refractivity contribution is 7.99. The van der Waals surface area contributed by atoms with Gasteiger partial charge in [-0.15, -0.1) is 11.8 Å². The second-order valence-electron chi connectivity index (χ2n) is 10.2. The summed E-state index contributed by atoms with van der Waals surface area (Å²) in [5.41, 5.74) is -1.99. The van der Waals surface area contributed by atoms with Gasteiger partial charge >= 0.3 is 5.97 Å². The van der Waals surface area contributed by atoms with E-state index in [2.05, 4.69) is 0 Å². The van der Waals surface area contributed by atoms with E-state index in [0.29, 0.717) is 23.5 Å². The highest BCUT2D eigenvalue weighted by Crippen LogP contribution is 2.65. The third-order valence-electron chi connectivity index (χ3n) is 8.18. The van der Waals surface area contributed by atoms with Crippen molar-refractivity contribution in [3.63, 3.8) is 0 Å². The van der Waals surface area contributed by atoms with Crippen LogP contribution in [0.3, 0.4) is 0 Å². The fourth-order valence-electron chi connectivity index (χ4n) is 6.67. The summed E-state index contributed by atoms with van der Waals surface area (Å²) in [4.78, 5) is 43.7. The van der Waals surface area contributed by atoms with Crippen LogP contribution in [0.2, 0.25) is 0 Å². The molecule has 40 heavy (non-hydrogen) atoms. The number of hydrogen-bond acceptors (Lipinski definition) is 10. The Morgan fingerprint density at radius 2 is 1.73 bits per heavy atom. The largest absolute Gasteiger partial charge is 0.493 e. The molecule has 0 aromatic heterocycles. The van der Waals surface area contributed by atoms with E-state index in [1.54, 1.807) is 22.7 Å². The summed E-state index contributed by atoms with van der Waals surface area (Å²) in [6, 6.07) is 13.4. The van der Waals surface area contributed by atoms with Crippen LogP contribution in [0.25, 0.3) is 0 Å². The van der Waals surface area contributed by atoms with Crippen LogP contribution in [0.15, 0.2) is 47.4 Å². The minimum atomic E-state index is -4.21. The van der Waals surface area contributed by atoms with Crippen LogP contribution in [0, 0.1) is 5.41 Å². The highest BCUT2D eigenvalue weighted by atomic mass is 32.2. The standard InChI is InChI=1S/C28H31NO9S2/c1-35-21-14-19-20(15-22(21)36-2)28-12-10-17(30)16-27(28,26(32)37-3)24(38-40(4,33)34)25(31)29(28)13-11-23(19)39-18-8-6-5-7-9-18/h5-9,14-15,23-24H,10-13,16H2,1-4H3/t23-,24+,27+,28-/m1/s1. The molecule has 1 amide bonds. The lowest BCUT2D eigenvalue weighted by molar-refractivity contribution is -0.172. The van der Waals surface area contributed by atoms with E-state index in [0.717, 1.165) is 23.8 Å². The third-order valence-corrected chi connectivity index (χ3v) is 10.0. The molecule has 2 aromatic carbocycles. The maximum absolute atomic E-state index is 14.2. The van der Waals surface area contributed by atoms with E-state index in [1.165, 1.54) is 14.2 Å². The molecule has 2 heterocycles. The number of benzene rings is 2. The molecule has 12 heteroatoms. The van der Waals surface area contributed by atoms with Crippen molar-refractivity contribution in [3.8, 4) is 11.5 Å². The van der Waals surface area contributed by atoms with Gasteiger partial charge < -0.3 is 19.1 Å². The average molecular weight is 590 g/mol. The first-order valence-corrected chi connectivity index (χ1v) is 15.5. The van der Waals surface area contributed by atoms with Crippen LogP contribution in [0.4, 0.5) is 0 Å². The lowest BCUT2D eigenvalue weighted by Gasteiger charge is -2.50. The molecule has 2 fully saturated rings. The fraction of sp³-hybridized carbons (Fsp3) is 0.464. The van der Waals surface area contributed by atoms with Gasteiger partial charge in [0.1, 0.15) is 11.2 Å². The van der Waals surface area contributed by atoms with Gasteiger partial charge in [0.05, 0.1) is 33.1 Å². The normalized spacial score (nSPS) is 27.8. The van der Waals surface area contributed by atoms with E-state index in [1.807, 2.05) is 36.4 Å². The van der Waals surface area contributed by atoms with Crippen molar-refractivity contribution in [2.45, 2.75) is 47.5 Å². The van der Waals surface area contributed by atoms with Gasteiger partial charge in [-0.3, -0.25) is 18.6 Å². The van der Waals surface area contributed by atoms with Gasteiger partial charge in [0.15, 0.2) is 17.6 Å². The number of amides is 1. The predicted molar refractivity (Wildman–Crippen MR) is 146 cm³/mol. The number of ether oxygens (including phenoxy) is 3. The van der Waals surface area contributed by atoms with Crippen molar-refractivity contribution in [2.75, 3.05) is 34.1 Å². The van der Waals surface area contributed by atoms with Crippen LogP contribution in [0.5, 0.6) is 11.5 Å². The summed E-state index contributed by atoms with van der Waals surface area (Å²) < 4.78 is 46.8. The Kier molecular flexibility index (Phi) is 7.38. The Morgan fingerprint density at radius 3 is 2.35 bits per heavy atom. The molecule has 0 bridgehead atoms. The smallest absolute Gasteiger partial charge is 0.318 e. The van der Waals surface area contributed by atoms with Crippen LogP contribution in [0.1, 0.15) is 42.1 Å². The van der Waals surface area contributed by atoms with Gasteiger partial charge in [0, 0.05) is 29.5 Å². The molecule has 214 valence electrons. The molecule has 2 aromatic rings. The van der Waals surface area contributed by atoms with Crippen molar-refractivity contribution in [2.24, 2.45) is 5.41 Å². The number of Topliss-reactive ketones (excluding diaryl/α,β-unsaturated/α-hetero) is 1. The molecule has 0 unspecified atom stereocenters. The number of carbonyl (C=O) groups excluding carboxylic acids is 3. The Hall–Kier alpha value is -3.09. The number of nitrogens with zero attached hydrogens (tertiary/aromatic N) is 1. The van der Waals surface area contributed by atoms with Gasteiger partial charge in [-0.05, 0) is 48.2 Å². The average Bonchev–Trinajstić information content (AvgIpc) is 3.04. The molecule has 5 rings (SSSR count). The summed E-state index contributed by atoms with van der Waals surface area (Å²) >= 11 is 1.61. The van der Waals surface area contributed by atoms with Crippen molar-refractivity contribution in [1.82, 2.24) is 4.90 Å². The zero-order chi connectivity index (χ0) is 28.9. The Labute approximate surface area is 237 Å². The van der Waals surface area contributed by atoms with Gasteiger partial charge in [-0.25, -0.2) is 0 Å². The number of esters is 1. The lowest BCUT2D eigenvalue weighted by Crippen LogP contribution is -2.61. The van der Waals surface area contributed by atoms with Crippen molar-refractivity contribution < 1.29 is 41.2 Å². The molecule has 10 nitrogen and oxygen atoms in total. The molecular weight excluding hydrogens is 558 g/mol. The van der Waals surface area contributed by atoms with Crippen LogP contribution >= 0.6 is 11.8 Å². The molecule has 4 atom stereocenters. The molecule has 1 aliphatic carbocycles. The second-order valence-corrected chi connectivity index (χ2v) is 13.1. The first-order chi connectivity index (χ1) is 19.0. The predicted octanol–water partition coefficient (Wildman–Crippen LogP) is 3.24. The number of methoxy groups -OCH3 is 3. The summed E-state index contributed by atoms with van der Waals surface area (Å²) in [7, 11) is -0.0381. The molecule has 1 saturated heterocycles. The van der Waals surface area contributed by atoms with Crippen molar-refractivity contribution >= 4 is 39.5 Å². The van der Waals surface area contributed by atoms with Crippen molar-refractivity contribution in [3.05, 3.63) is 53.6 Å². The Morgan fingerprint density at radius 1 is 1.05 bits per heavy atom. The van der Waals surface area contributed by atoms with Crippen LogP contribution < -0.4 is 9.47 Å². The number of ketones is 1. The van der Waals surface area contributed by atoms with E-state index in [-0.39, 0.29) is 30.4 Å². The maximum atomic E-state index is 14.2. The summed E-state index contributed by atoms with van der Waals surface area (Å²) in [5, 5.41) is -0.174. The second kappa shape index (κ2) is 10.4. The third kappa shape index (κ3) is 4.27. The van der Waals surface area contributed by atoms with Crippen molar-refractivity contribution in [1.29, 1.82) is 0 Å². The first kappa shape index (κ1) is 28.4. The van der Waals surface area contributed by atoms with E-state index >= 15 is 0 Å². The molecular formula is C28H31NO9S2. The summed E-state index contributed by atoms with van der Waals surface area (Å²) in [6.07, 6.45) is -0.711. The molecule has 0 N–H and O–H groups in total. The molecule has 1 spiro atoms. The Balaban J connectivity index is 1.84. The zero-order valence-corrected chi connectivity index (χ0v) is 24.3. The number of thioether (sulfide) groups is 1. The lowest BCUT2D eigenvalue weighted by atomic mass is 9.56. The van der Waals surface area contributed by atoms with E-state index in [9.17, 15) is 22.8 Å². The van der Waals surface area contributed by atoms with Gasteiger partial charge in [0.2, 0.25) is 0 Å². The molecule has 0 radical (unpaired) electrons. The summed E-state index contributed by atoms with van der Waals surface area (Å²) in [6.45, 7) is 0.194. The van der Waals surface area contributed by atoms with Gasteiger partial charge in [0.25, 0.3) is 16.0 Å². The first-order valence-electron chi connectivity index (χ1n) is 12.8. The maximum Gasteiger partial charge on any atom is 0.318 e. The minimum absolute atomic E-state index is 0.0817. The summed E-state index contributed by atoms with van der Waals surface area (Å²) in [5.74, 6) is -0.990. The Bertz CT molecular complexity index is 1460. The van der Waals surface area contributed by atoms with Crippen LogP contribution in [-0.2, 0) is 39.0 Å². The van der Waals surface area contributed by atoms with Gasteiger partial charge in [-0.2, -0.15) is 8.42 Å². The number of rotatable bonds is 7. The zero-order valence-electron chi connectivity index (χ0n) is 22.7. The topological polar surface area (TPSA) is 126 Å². The monoisotopic (exact) mass is 589 g/mol. The fourth-order valence-corrected chi connectivity index (χ4v) is 8.46. The van der Waals surface area contributed by atoms with Gasteiger partial charge in [-0.1, -0.05) is 18.2 Å². The molecule has 1 saturated carbocycles. The molecule has 2 aliphatic heterocycles. The minimum Gasteiger partial charge on any atom is -0.493 e. The molecule has 3 aliphatic rings. The van der Waals surface area contributed by atoms with E-state index in [4.69, 9.17) is 18.4 Å². The SMILES string of the molecule is COC(=O)[C@@]12CC(=O)CC[C@@]13c1cc(OC)c(OC)cc1[C@H](Sc1ccccc1)CCN3C(=O)[C@@H]2OS(C)(=O)=O. The quantitative estimate of drug-likeness (QED) is 0.351. The number of carbonyl (C=O) groups is 3. The highest BCUT2D eigenvalue weighted by Gasteiger charge is 2.77. The number of hydrogen-bond donors (Lipinski definition) is 0. The van der Waals surface area contributed by atoms with Crippen LogP contribution in [-0.4, -0.2) is 71.2 Å².